The maximum absolute atomic E-state index is 12.2. The fourth-order valence-electron chi connectivity index (χ4n) is 2.77. The minimum absolute atomic E-state index is 0.119. The van der Waals surface area contributed by atoms with E-state index in [1.807, 2.05) is 23.1 Å². The molecule has 0 aromatic heterocycles. The van der Waals surface area contributed by atoms with E-state index >= 15 is 0 Å². The van der Waals surface area contributed by atoms with Crippen LogP contribution < -0.4 is 0 Å². The molecule has 1 aromatic rings. The van der Waals surface area contributed by atoms with Gasteiger partial charge in [0, 0.05) is 11.9 Å². The highest BCUT2D eigenvalue weighted by atomic mass is 35.5. The van der Waals surface area contributed by atoms with Crippen molar-refractivity contribution in [3.8, 4) is 0 Å². The summed E-state index contributed by atoms with van der Waals surface area (Å²) >= 11 is 5.74. The lowest BCUT2D eigenvalue weighted by molar-refractivity contribution is -0.161. The third kappa shape index (κ3) is 2.39. The van der Waals surface area contributed by atoms with Crippen molar-refractivity contribution in [3.63, 3.8) is 0 Å². The number of carbonyl (C=O) groups is 1. The first kappa shape index (κ1) is 13.4. The van der Waals surface area contributed by atoms with E-state index < -0.39 is 0 Å². The second-order valence-corrected chi connectivity index (χ2v) is 5.51. The van der Waals surface area contributed by atoms with E-state index in [2.05, 4.69) is 26.0 Å². The molecule has 1 aliphatic heterocycles. The fraction of sp³-hybridized carbons (Fsp3) is 0.533. The molecule has 0 aliphatic carbocycles. The van der Waals surface area contributed by atoms with Crippen LogP contribution in [-0.2, 0) is 4.79 Å². The number of halogens is 1. The van der Waals surface area contributed by atoms with Crippen LogP contribution in [0.5, 0.6) is 0 Å². The first-order valence-corrected chi connectivity index (χ1v) is 7.13. The lowest BCUT2D eigenvalue weighted by Crippen LogP contribution is -2.57. The van der Waals surface area contributed by atoms with Crippen molar-refractivity contribution in [2.24, 2.45) is 5.92 Å². The molecule has 0 N–H and O–H groups in total. The number of likely N-dealkylation sites (tertiary alicyclic amines) is 1. The second-order valence-electron chi connectivity index (χ2n) is 5.13. The molecule has 0 radical (unpaired) electrons. The first-order valence-electron chi connectivity index (χ1n) is 6.60. The van der Waals surface area contributed by atoms with Crippen molar-refractivity contribution in [2.75, 3.05) is 5.88 Å². The minimum Gasteiger partial charge on any atom is -0.332 e. The molecule has 0 bridgehead atoms. The quantitative estimate of drug-likeness (QED) is 0.588. The summed E-state index contributed by atoms with van der Waals surface area (Å²) in [6.45, 7) is 4.15. The number of alkyl halides is 1. The van der Waals surface area contributed by atoms with Crippen molar-refractivity contribution in [3.05, 3.63) is 35.9 Å². The van der Waals surface area contributed by atoms with Crippen LogP contribution in [0.4, 0.5) is 0 Å². The van der Waals surface area contributed by atoms with Gasteiger partial charge in [-0.3, -0.25) is 4.79 Å². The summed E-state index contributed by atoms with van der Waals surface area (Å²) in [5.74, 6) is 1.03. The van der Waals surface area contributed by atoms with Gasteiger partial charge in [-0.25, -0.2) is 0 Å². The number of β-lactam (4-membered cyclic amide) rings is 1. The van der Waals surface area contributed by atoms with E-state index in [-0.39, 0.29) is 23.9 Å². The molecule has 0 saturated carbocycles. The molecule has 2 nitrogen and oxygen atoms in total. The van der Waals surface area contributed by atoms with Gasteiger partial charge < -0.3 is 4.90 Å². The average molecular weight is 266 g/mol. The maximum atomic E-state index is 12.2. The summed E-state index contributed by atoms with van der Waals surface area (Å²) in [6, 6.07) is 10.8. The Morgan fingerprint density at radius 1 is 1.28 bits per heavy atom. The molecule has 1 aliphatic rings. The Bertz CT molecular complexity index is 404. The molecule has 0 spiro atoms. The fourth-order valence-corrected chi connectivity index (χ4v) is 2.93. The highest BCUT2D eigenvalue weighted by Gasteiger charge is 2.48. The zero-order chi connectivity index (χ0) is 13.1. The largest absolute Gasteiger partial charge is 0.332 e. The summed E-state index contributed by atoms with van der Waals surface area (Å²) in [4.78, 5) is 14.2. The highest BCUT2D eigenvalue weighted by Crippen LogP contribution is 2.43. The summed E-state index contributed by atoms with van der Waals surface area (Å²) in [5, 5.41) is 0. The summed E-state index contributed by atoms with van der Waals surface area (Å²) in [6.07, 6.45) is 1.80. The smallest absolute Gasteiger partial charge is 0.228 e. The summed E-state index contributed by atoms with van der Waals surface area (Å²) in [5.41, 5.74) is 1.24. The van der Waals surface area contributed by atoms with Crippen LogP contribution in [0, 0.1) is 5.92 Å². The van der Waals surface area contributed by atoms with E-state index in [9.17, 15) is 4.79 Å². The molecular weight excluding hydrogens is 246 g/mol. The predicted molar refractivity (Wildman–Crippen MR) is 74.6 cm³/mol. The Kier molecular flexibility index (Phi) is 4.28. The lowest BCUT2D eigenvalue weighted by Gasteiger charge is -2.50. The van der Waals surface area contributed by atoms with E-state index in [1.54, 1.807) is 0 Å². The number of nitrogens with zero attached hydrogens (tertiary/aromatic N) is 1. The number of carbonyl (C=O) groups excluding carboxylic acids is 1. The monoisotopic (exact) mass is 265 g/mol. The average Bonchev–Trinajstić information content (AvgIpc) is 2.36. The van der Waals surface area contributed by atoms with Crippen molar-refractivity contribution < 1.29 is 4.79 Å². The molecule has 3 heteroatoms. The lowest BCUT2D eigenvalue weighted by atomic mass is 9.78. The molecule has 0 unspecified atom stereocenters. The Morgan fingerprint density at radius 3 is 2.50 bits per heavy atom. The van der Waals surface area contributed by atoms with Gasteiger partial charge in [-0.05, 0) is 32.3 Å². The second kappa shape index (κ2) is 5.75. The zero-order valence-corrected chi connectivity index (χ0v) is 11.7. The highest BCUT2D eigenvalue weighted by molar-refractivity contribution is 6.17. The van der Waals surface area contributed by atoms with Gasteiger partial charge >= 0.3 is 0 Å². The van der Waals surface area contributed by atoms with E-state index in [1.165, 1.54) is 5.56 Å². The van der Waals surface area contributed by atoms with Crippen molar-refractivity contribution >= 4 is 17.5 Å². The van der Waals surface area contributed by atoms with E-state index in [0.717, 1.165) is 12.8 Å². The standard InChI is InChI=1S/C15H20ClNO/c1-11(2)17-14(12-7-4-3-5-8-12)13(15(17)18)9-6-10-16/h3-5,7-8,11,13-14H,6,9-10H2,1-2H3/t13-,14-/m1/s1. The Labute approximate surface area is 114 Å². The Hall–Kier alpha value is -1.02. The first-order chi connectivity index (χ1) is 8.66. The van der Waals surface area contributed by atoms with Gasteiger partial charge in [-0.1, -0.05) is 30.3 Å². The number of amides is 1. The molecule has 18 heavy (non-hydrogen) atoms. The third-order valence-electron chi connectivity index (χ3n) is 3.60. The molecular formula is C15H20ClNO. The van der Waals surface area contributed by atoms with Crippen LogP contribution in [-0.4, -0.2) is 22.7 Å². The zero-order valence-electron chi connectivity index (χ0n) is 11.0. The summed E-state index contributed by atoms with van der Waals surface area (Å²) < 4.78 is 0. The molecule has 1 fully saturated rings. The van der Waals surface area contributed by atoms with Crippen LogP contribution in [0.25, 0.3) is 0 Å². The summed E-state index contributed by atoms with van der Waals surface area (Å²) in [7, 11) is 0. The molecule has 2 atom stereocenters. The predicted octanol–water partition coefficient (Wildman–Crippen LogP) is 3.61. The van der Waals surface area contributed by atoms with Crippen molar-refractivity contribution in [1.29, 1.82) is 0 Å². The topological polar surface area (TPSA) is 20.3 Å². The number of hydrogen-bond acceptors (Lipinski definition) is 1. The normalized spacial score (nSPS) is 23.3. The molecule has 2 rings (SSSR count). The molecule has 98 valence electrons. The molecule has 1 heterocycles. The van der Waals surface area contributed by atoms with Crippen molar-refractivity contribution in [2.45, 2.75) is 38.8 Å². The number of rotatable bonds is 5. The van der Waals surface area contributed by atoms with Crippen molar-refractivity contribution in [1.82, 2.24) is 4.90 Å². The molecule has 1 saturated heterocycles. The van der Waals surface area contributed by atoms with Gasteiger partial charge in [0.05, 0.1) is 12.0 Å². The maximum Gasteiger partial charge on any atom is 0.228 e. The minimum atomic E-state index is 0.119. The number of benzene rings is 1. The van der Waals surface area contributed by atoms with Gasteiger partial charge in [0.2, 0.25) is 5.91 Å². The molecule has 1 aromatic carbocycles. The van der Waals surface area contributed by atoms with Crippen LogP contribution in [0.2, 0.25) is 0 Å². The molecule has 1 amide bonds. The number of hydrogen-bond donors (Lipinski definition) is 0. The van der Waals surface area contributed by atoms with Gasteiger partial charge in [0.1, 0.15) is 0 Å². The van der Waals surface area contributed by atoms with Crippen LogP contribution in [0.3, 0.4) is 0 Å². The van der Waals surface area contributed by atoms with E-state index in [4.69, 9.17) is 11.6 Å². The van der Waals surface area contributed by atoms with Crippen LogP contribution in [0.1, 0.15) is 38.3 Å². The Balaban J connectivity index is 2.19. The van der Waals surface area contributed by atoms with Crippen LogP contribution >= 0.6 is 11.6 Å². The van der Waals surface area contributed by atoms with E-state index in [0.29, 0.717) is 5.88 Å². The van der Waals surface area contributed by atoms with Crippen LogP contribution in [0.15, 0.2) is 30.3 Å². The SMILES string of the molecule is CC(C)N1C(=O)[C@H](CCCCl)[C@H]1c1ccccc1. The van der Waals surface area contributed by atoms with Gasteiger partial charge in [0.15, 0.2) is 0 Å². The van der Waals surface area contributed by atoms with Gasteiger partial charge in [-0.15, -0.1) is 11.6 Å². The Morgan fingerprint density at radius 2 is 1.94 bits per heavy atom. The van der Waals surface area contributed by atoms with Gasteiger partial charge in [0.25, 0.3) is 0 Å². The van der Waals surface area contributed by atoms with Gasteiger partial charge in [-0.2, -0.15) is 0 Å². The third-order valence-corrected chi connectivity index (χ3v) is 3.87.